The first kappa shape index (κ1) is 33.8. The Morgan fingerprint density at radius 2 is 0.902 bits per heavy atom. The maximum atomic E-state index is 6.96. The van der Waals surface area contributed by atoms with Crippen LogP contribution in [0.2, 0.25) is 0 Å². The van der Waals surface area contributed by atoms with E-state index in [0.717, 1.165) is 87.1 Å². The van der Waals surface area contributed by atoms with Gasteiger partial charge in [-0.1, -0.05) is 158 Å². The first-order valence-corrected chi connectivity index (χ1v) is 22.4. The summed E-state index contributed by atoms with van der Waals surface area (Å²) in [6.45, 7) is 0. The number of hydrogen-bond acceptors (Lipinski definition) is 5. The molecule has 61 heavy (non-hydrogen) atoms. The monoisotopic (exact) mass is 799 g/mol. The molecular formula is C52H33N7OSi. The summed E-state index contributed by atoms with van der Waals surface area (Å²) in [5.41, 5.74) is 8.20. The minimum absolute atomic E-state index is 0.476. The van der Waals surface area contributed by atoms with Gasteiger partial charge < -0.3 is 4.42 Å². The Balaban J connectivity index is 1.25. The van der Waals surface area contributed by atoms with Crippen molar-refractivity contribution in [1.29, 1.82) is 0 Å². The van der Waals surface area contributed by atoms with Crippen LogP contribution in [0, 0.1) is 0 Å². The van der Waals surface area contributed by atoms with E-state index in [9.17, 15) is 0 Å². The molecule has 0 aliphatic rings. The average Bonchev–Trinajstić information content (AvgIpc) is 4.07. The molecule has 5 aromatic heterocycles. The molecular weight excluding hydrogens is 767 g/mol. The molecule has 8 nitrogen and oxygen atoms in total. The highest BCUT2D eigenvalue weighted by Crippen LogP contribution is 2.33. The molecule has 0 unspecified atom stereocenters. The van der Waals surface area contributed by atoms with Crippen molar-refractivity contribution in [3.8, 4) is 11.9 Å². The fraction of sp³-hybridized carbons (Fsp3) is 0. The number of rotatable bonds is 6. The number of nitrogens with zero attached hydrogens (tertiary/aromatic N) is 7. The minimum atomic E-state index is -3.53. The number of para-hydroxylation sites is 8. The van der Waals surface area contributed by atoms with Crippen molar-refractivity contribution in [3.05, 3.63) is 200 Å². The summed E-state index contributed by atoms with van der Waals surface area (Å²) in [6.07, 6.45) is 0. The molecule has 0 aliphatic heterocycles. The van der Waals surface area contributed by atoms with Crippen molar-refractivity contribution in [2.24, 2.45) is 0 Å². The number of imidazole rings is 2. The zero-order valence-corrected chi connectivity index (χ0v) is 33.6. The van der Waals surface area contributed by atoms with Crippen LogP contribution in [0.3, 0.4) is 0 Å². The zero-order valence-electron chi connectivity index (χ0n) is 32.6. The predicted octanol–water partition coefficient (Wildman–Crippen LogP) is 8.99. The van der Waals surface area contributed by atoms with Gasteiger partial charge in [-0.25, -0.2) is 19.5 Å². The lowest BCUT2D eigenvalue weighted by Gasteiger charge is -2.32. The van der Waals surface area contributed by atoms with Crippen LogP contribution >= 0.6 is 0 Å². The van der Waals surface area contributed by atoms with Crippen molar-refractivity contribution in [3.63, 3.8) is 0 Å². The van der Waals surface area contributed by atoms with Crippen LogP contribution in [0.15, 0.2) is 205 Å². The Labute approximate surface area is 349 Å². The van der Waals surface area contributed by atoms with Crippen LogP contribution in [0.5, 0.6) is 0 Å². The van der Waals surface area contributed by atoms with Crippen LogP contribution in [0.1, 0.15) is 0 Å². The Kier molecular flexibility index (Phi) is 7.16. The molecule has 13 rings (SSSR count). The molecule has 9 heteroatoms. The lowest BCUT2D eigenvalue weighted by molar-refractivity contribution is 0.671. The highest BCUT2D eigenvalue weighted by molar-refractivity contribution is 7.20. The van der Waals surface area contributed by atoms with Gasteiger partial charge in [0, 0.05) is 26.7 Å². The lowest BCUT2D eigenvalue weighted by atomic mass is 10.1. The number of aromatic nitrogens is 7. The number of fused-ring (bicyclic) bond motifs is 11. The molecule has 0 N–H and O–H groups in total. The van der Waals surface area contributed by atoms with E-state index in [1.165, 1.54) is 0 Å². The van der Waals surface area contributed by atoms with E-state index in [1.54, 1.807) is 0 Å². The second-order valence-corrected chi connectivity index (χ2v) is 19.1. The molecule has 0 aliphatic carbocycles. The highest BCUT2D eigenvalue weighted by atomic mass is 28.3. The molecule has 5 heterocycles. The van der Waals surface area contributed by atoms with E-state index < -0.39 is 8.07 Å². The van der Waals surface area contributed by atoms with Gasteiger partial charge in [-0.2, -0.15) is 4.98 Å². The van der Waals surface area contributed by atoms with Crippen LogP contribution in [0.25, 0.3) is 83.5 Å². The molecule has 0 saturated carbocycles. The van der Waals surface area contributed by atoms with Crippen molar-refractivity contribution >= 4 is 101 Å². The maximum Gasteiger partial charge on any atom is 0.241 e. The summed E-state index contributed by atoms with van der Waals surface area (Å²) in [5, 5.41) is 7.66. The standard InChI is InChI=1S/C52H33N7OSi/c1-3-18-34(19-4-1)61(35-20-5-2-6-21-35,47-33-17-25-39-38-24-9-16-32-46(38)60-48(39)47)51-55-49(57-41-27-11-7-22-36(41)37-23-8-12-28-42(37)57)54-50(56-51)59-45-31-15-14-30-44(45)58-43-29-13-10-26-40(43)53-52(58)59/h1-33H. The average molecular weight is 800 g/mol. The Hall–Kier alpha value is -8.14. The summed E-state index contributed by atoms with van der Waals surface area (Å²) in [5.74, 6) is 1.72. The van der Waals surface area contributed by atoms with E-state index in [0.29, 0.717) is 17.3 Å². The van der Waals surface area contributed by atoms with Crippen molar-refractivity contribution in [2.45, 2.75) is 0 Å². The smallest absolute Gasteiger partial charge is 0.241 e. The predicted molar refractivity (Wildman–Crippen MR) is 248 cm³/mol. The van der Waals surface area contributed by atoms with E-state index >= 15 is 0 Å². The van der Waals surface area contributed by atoms with E-state index in [2.05, 4.69) is 196 Å². The summed E-state index contributed by atoms with van der Waals surface area (Å²) >= 11 is 0. The first-order chi connectivity index (χ1) is 30.3. The van der Waals surface area contributed by atoms with Crippen molar-refractivity contribution in [1.82, 2.24) is 33.5 Å². The van der Waals surface area contributed by atoms with Gasteiger partial charge in [0.15, 0.2) is 0 Å². The number of benzene rings is 8. The van der Waals surface area contributed by atoms with Crippen LogP contribution in [-0.2, 0) is 0 Å². The molecule has 13 aromatic rings. The largest absolute Gasteiger partial charge is 0.456 e. The summed E-state index contributed by atoms with van der Waals surface area (Å²) in [7, 11) is -3.53. The van der Waals surface area contributed by atoms with Crippen LogP contribution in [-0.4, -0.2) is 41.5 Å². The molecule has 0 radical (unpaired) electrons. The fourth-order valence-electron chi connectivity index (χ4n) is 9.68. The van der Waals surface area contributed by atoms with Crippen LogP contribution in [0.4, 0.5) is 0 Å². The molecule has 0 saturated heterocycles. The van der Waals surface area contributed by atoms with E-state index in [-0.39, 0.29) is 0 Å². The minimum Gasteiger partial charge on any atom is -0.456 e. The first-order valence-electron chi connectivity index (χ1n) is 20.4. The Morgan fingerprint density at radius 3 is 1.59 bits per heavy atom. The highest BCUT2D eigenvalue weighted by Gasteiger charge is 2.47. The molecule has 286 valence electrons. The van der Waals surface area contributed by atoms with Gasteiger partial charge in [0.2, 0.25) is 25.7 Å². The lowest BCUT2D eigenvalue weighted by Crippen LogP contribution is -2.76. The third-order valence-corrected chi connectivity index (χ3v) is 16.8. The molecule has 0 atom stereocenters. The van der Waals surface area contributed by atoms with Gasteiger partial charge in [-0.05, 0) is 52.8 Å². The summed E-state index contributed by atoms with van der Waals surface area (Å²) < 4.78 is 13.5. The summed E-state index contributed by atoms with van der Waals surface area (Å²) in [6, 6.07) is 70.0. The van der Waals surface area contributed by atoms with Crippen LogP contribution < -0.4 is 21.0 Å². The zero-order chi connectivity index (χ0) is 40.1. The molecule has 0 spiro atoms. The second-order valence-electron chi connectivity index (χ2n) is 15.5. The van der Waals surface area contributed by atoms with Gasteiger partial charge in [0.05, 0.1) is 33.1 Å². The molecule has 0 amide bonds. The third-order valence-electron chi connectivity index (χ3n) is 12.3. The van der Waals surface area contributed by atoms with Gasteiger partial charge >= 0.3 is 0 Å². The van der Waals surface area contributed by atoms with Crippen molar-refractivity contribution in [2.75, 3.05) is 0 Å². The van der Waals surface area contributed by atoms with E-state index in [4.69, 9.17) is 24.4 Å². The van der Waals surface area contributed by atoms with Gasteiger partial charge in [-0.15, -0.1) is 0 Å². The SMILES string of the molecule is c1ccc([Si](c2ccccc2)(c2nc(-n3c4ccccc4c4ccccc43)nc(-n3c4ccccc4n4c5ccccc5nc34)n2)c2cccc3c2oc2ccccc23)cc1. The Morgan fingerprint density at radius 1 is 0.377 bits per heavy atom. The van der Waals surface area contributed by atoms with Crippen molar-refractivity contribution < 1.29 is 4.42 Å². The topological polar surface area (TPSA) is 79.0 Å². The maximum absolute atomic E-state index is 6.96. The fourth-order valence-corrected chi connectivity index (χ4v) is 14.2. The number of hydrogen-bond donors (Lipinski definition) is 0. The van der Waals surface area contributed by atoms with Gasteiger partial charge in [0.1, 0.15) is 16.6 Å². The second kappa shape index (κ2) is 12.9. The molecule has 8 aromatic carbocycles. The summed E-state index contributed by atoms with van der Waals surface area (Å²) in [4.78, 5) is 22.3. The number of furan rings is 1. The normalized spacial score (nSPS) is 12.3. The van der Waals surface area contributed by atoms with Gasteiger partial charge in [0.25, 0.3) is 0 Å². The molecule has 0 bridgehead atoms. The quantitative estimate of drug-likeness (QED) is 0.124. The third kappa shape index (κ3) is 4.74. The Bertz CT molecular complexity index is 3750. The van der Waals surface area contributed by atoms with Gasteiger partial charge in [-0.3, -0.25) is 8.97 Å². The molecule has 0 fully saturated rings. The van der Waals surface area contributed by atoms with E-state index in [1.807, 2.05) is 18.2 Å².